The Bertz CT molecular complexity index is 1460. The van der Waals surface area contributed by atoms with Gasteiger partial charge in [-0.25, -0.2) is 18.2 Å². The number of fused-ring (bicyclic) bond motifs is 1. The van der Waals surface area contributed by atoms with Crippen molar-refractivity contribution in [3.63, 3.8) is 0 Å². The summed E-state index contributed by atoms with van der Waals surface area (Å²) in [6.07, 6.45) is 0. The van der Waals surface area contributed by atoms with Crippen molar-refractivity contribution in [2.75, 3.05) is 38.3 Å². The fourth-order valence-corrected chi connectivity index (χ4v) is 6.09. The highest BCUT2D eigenvalue weighted by molar-refractivity contribution is 7.89. The van der Waals surface area contributed by atoms with Gasteiger partial charge < -0.3 is 14.4 Å². The number of nitrogens with zero attached hydrogens (tertiary/aromatic N) is 3. The topological polar surface area (TPSA) is 89.0 Å². The molecule has 0 unspecified atom stereocenters. The van der Waals surface area contributed by atoms with Crippen molar-refractivity contribution in [1.82, 2.24) is 9.29 Å². The zero-order valence-electron chi connectivity index (χ0n) is 19.7. The number of anilines is 1. The van der Waals surface area contributed by atoms with Crippen LogP contribution in [0.15, 0.2) is 77.7 Å². The van der Waals surface area contributed by atoms with Gasteiger partial charge in [0.25, 0.3) is 0 Å². The van der Waals surface area contributed by atoms with Crippen molar-refractivity contribution in [2.45, 2.75) is 11.4 Å². The van der Waals surface area contributed by atoms with Gasteiger partial charge in [-0.3, -0.25) is 0 Å². The van der Waals surface area contributed by atoms with Crippen molar-refractivity contribution in [3.05, 3.63) is 83.9 Å². The normalized spacial score (nSPS) is 14.3. The molecule has 3 aromatic carbocycles. The Morgan fingerprint density at radius 2 is 1.78 bits per heavy atom. The molecular weight excluding hydrogens is 498 g/mol. The third-order valence-electron chi connectivity index (χ3n) is 5.89. The Labute approximate surface area is 213 Å². The average Bonchev–Trinajstić information content (AvgIpc) is 3.33. The Kier molecular flexibility index (Phi) is 7.01. The first-order valence-electron chi connectivity index (χ1n) is 11.5. The molecule has 1 aromatic heterocycles. The summed E-state index contributed by atoms with van der Waals surface area (Å²) in [4.78, 5) is 19.7. The van der Waals surface area contributed by atoms with E-state index in [0.29, 0.717) is 19.0 Å². The van der Waals surface area contributed by atoms with E-state index in [0.717, 1.165) is 34.0 Å². The molecule has 0 saturated carbocycles. The van der Waals surface area contributed by atoms with E-state index >= 15 is 0 Å². The molecule has 36 heavy (non-hydrogen) atoms. The van der Waals surface area contributed by atoms with Gasteiger partial charge in [0.15, 0.2) is 5.13 Å². The first-order valence-corrected chi connectivity index (χ1v) is 13.7. The van der Waals surface area contributed by atoms with Crippen LogP contribution in [0.5, 0.6) is 5.75 Å². The van der Waals surface area contributed by atoms with Crippen LogP contribution in [0.2, 0.25) is 0 Å². The largest absolute Gasteiger partial charge is 0.423 e. The third-order valence-corrected chi connectivity index (χ3v) is 8.78. The van der Waals surface area contributed by atoms with Crippen LogP contribution in [-0.4, -0.2) is 57.0 Å². The van der Waals surface area contributed by atoms with Gasteiger partial charge in [0.1, 0.15) is 5.75 Å². The van der Waals surface area contributed by atoms with Crippen LogP contribution in [0, 0.1) is 0 Å². The zero-order chi connectivity index (χ0) is 25.1. The second-order valence-corrected chi connectivity index (χ2v) is 11.4. The van der Waals surface area contributed by atoms with Gasteiger partial charge in [-0.05, 0) is 42.0 Å². The van der Waals surface area contributed by atoms with E-state index in [1.165, 1.54) is 35.6 Å². The Balaban J connectivity index is 1.26. The van der Waals surface area contributed by atoms with Gasteiger partial charge in [0, 0.05) is 32.7 Å². The Morgan fingerprint density at radius 1 is 1.06 bits per heavy atom. The minimum Gasteiger partial charge on any atom is -0.423 e. The van der Waals surface area contributed by atoms with Crippen LogP contribution < -0.4 is 9.64 Å². The number of aromatic nitrogens is 1. The number of ether oxygens (including phenoxy) is 2. The smallest absolute Gasteiger partial charge is 0.343 e. The van der Waals surface area contributed by atoms with Crippen LogP contribution in [0.25, 0.3) is 10.2 Å². The number of hydrogen-bond donors (Lipinski definition) is 0. The van der Waals surface area contributed by atoms with E-state index in [9.17, 15) is 13.2 Å². The molecule has 0 amide bonds. The number of sulfonamides is 1. The molecule has 0 spiro atoms. The summed E-state index contributed by atoms with van der Waals surface area (Å²) >= 11 is 1.55. The monoisotopic (exact) mass is 523 g/mol. The summed E-state index contributed by atoms with van der Waals surface area (Å²) in [7, 11) is -2.17. The van der Waals surface area contributed by atoms with Crippen LogP contribution in [0.4, 0.5) is 5.13 Å². The molecule has 1 aliphatic rings. The molecule has 1 fully saturated rings. The molecule has 0 bridgehead atoms. The highest BCUT2D eigenvalue weighted by Crippen LogP contribution is 2.32. The van der Waals surface area contributed by atoms with Crippen molar-refractivity contribution in [2.24, 2.45) is 0 Å². The summed E-state index contributed by atoms with van der Waals surface area (Å²) in [5, 5.41) is 0.922. The average molecular weight is 524 g/mol. The van der Waals surface area contributed by atoms with E-state index in [-0.39, 0.29) is 17.0 Å². The van der Waals surface area contributed by atoms with Gasteiger partial charge in [-0.15, -0.1) is 0 Å². The van der Waals surface area contributed by atoms with Gasteiger partial charge in [0.2, 0.25) is 10.0 Å². The van der Waals surface area contributed by atoms with Crippen LogP contribution >= 0.6 is 11.3 Å². The summed E-state index contributed by atoms with van der Waals surface area (Å²) in [6.45, 7) is 3.22. The number of morpholine rings is 1. The second-order valence-electron chi connectivity index (χ2n) is 8.39. The summed E-state index contributed by atoms with van der Waals surface area (Å²) < 4.78 is 39.1. The number of carbonyl (C=O) groups is 1. The lowest BCUT2D eigenvalue weighted by Gasteiger charge is -2.25. The molecule has 2 heterocycles. The number of thiazole rings is 1. The van der Waals surface area contributed by atoms with Crippen LogP contribution in [-0.2, 0) is 21.3 Å². The maximum atomic E-state index is 12.9. The number of esters is 1. The van der Waals surface area contributed by atoms with Crippen molar-refractivity contribution < 1.29 is 22.7 Å². The molecule has 0 atom stereocenters. The van der Waals surface area contributed by atoms with Gasteiger partial charge >= 0.3 is 5.97 Å². The zero-order valence-corrected chi connectivity index (χ0v) is 21.3. The number of hydrogen-bond acceptors (Lipinski definition) is 8. The predicted molar refractivity (Wildman–Crippen MR) is 139 cm³/mol. The lowest BCUT2D eigenvalue weighted by Crippen LogP contribution is -2.36. The van der Waals surface area contributed by atoms with Crippen molar-refractivity contribution in [1.29, 1.82) is 0 Å². The summed E-state index contributed by atoms with van der Waals surface area (Å²) in [5.74, 6) is -0.155. The fraction of sp³-hybridized carbons (Fsp3) is 0.231. The van der Waals surface area contributed by atoms with Gasteiger partial charge in [0.05, 0.1) is 33.9 Å². The standard InChI is InChI=1S/C26H25N3O5S2/c1-28(18-19-5-3-2-4-6-19)36(31,32)22-10-7-20(8-11-22)25(30)34-21-9-12-23-24(17-21)35-26(27-23)29-13-15-33-16-14-29/h2-12,17H,13-16,18H2,1H3. The number of rotatable bonds is 7. The van der Waals surface area contributed by atoms with Gasteiger partial charge in [-0.1, -0.05) is 41.7 Å². The Hall–Kier alpha value is -3.31. The molecule has 10 heteroatoms. The molecule has 0 radical (unpaired) electrons. The number of benzene rings is 3. The van der Waals surface area contributed by atoms with E-state index in [2.05, 4.69) is 9.88 Å². The molecule has 1 aliphatic heterocycles. The van der Waals surface area contributed by atoms with E-state index < -0.39 is 16.0 Å². The molecular formula is C26H25N3O5S2. The van der Waals surface area contributed by atoms with Gasteiger partial charge in [-0.2, -0.15) is 4.31 Å². The van der Waals surface area contributed by atoms with Crippen LogP contribution in [0.1, 0.15) is 15.9 Å². The quantitative estimate of drug-likeness (QED) is 0.265. The first kappa shape index (κ1) is 24.4. The minimum absolute atomic E-state index is 0.110. The van der Waals surface area contributed by atoms with E-state index in [1.54, 1.807) is 23.5 Å². The lowest BCUT2D eigenvalue weighted by molar-refractivity contribution is 0.0735. The predicted octanol–water partition coefficient (Wildman–Crippen LogP) is 4.17. The Morgan fingerprint density at radius 3 is 2.50 bits per heavy atom. The maximum Gasteiger partial charge on any atom is 0.343 e. The highest BCUT2D eigenvalue weighted by Gasteiger charge is 2.22. The van der Waals surface area contributed by atoms with E-state index in [4.69, 9.17) is 9.47 Å². The molecule has 8 nitrogen and oxygen atoms in total. The summed E-state index contributed by atoms with van der Waals surface area (Å²) in [6, 6.07) is 20.5. The molecule has 1 saturated heterocycles. The fourth-order valence-electron chi connectivity index (χ4n) is 3.88. The molecule has 0 aliphatic carbocycles. The first-order chi connectivity index (χ1) is 17.4. The third kappa shape index (κ3) is 5.26. The molecule has 186 valence electrons. The maximum absolute atomic E-state index is 12.9. The minimum atomic E-state index is -3.71. The SMILES string of the molecule is CN(Cc1ccccc1)S(=O)(=O)c1ccc(C(=O)Oc2ccc3nc(N4CCOCC4)sc3c2)cc1. The van der Waals surface area contributed by atoms with Crippen LogP contribution in [0.3, 0.4) is 0 Å². The number of carbonyl (C=O) groups excluding carboxylic acids is 1. The lowest BCUT2D eigenvalue weighted by atomic mass is 10.2. The summed E-state index contributed by atoms with van der Waals surface area (Å²) in [5.41, 5.74) is 1.99. The van der Waals surface area contributed by atoms with Crippen molar-refractivity contribution in [3.8, 4) is 5.75 Å². The molecule has 0 N–H and O–H groups in total. The second kappa shape index (κ2) is 10.4. The highest BCUT2D eigenvalue weighted by atomic mass is 32.2. The van der Waals surface area contributed by atoms with E-state index in [1.807, 2.05) is 36.4 Å². The van der Waals surface area contributed by atoms with Crippen molar-refractivity contribution >= 4 is 42.7 Å². The molecule has 4 aromatic rings. The molecule has 5 rings (SSSR count).